The minimum absolute atomic E-state index is 0.671. The average Bonchev–Trinajstić information content (AvgIpc) is 2.38. The lowest BCUT2D eigenvalue weighted by Gasteiger charge is -2.22. The molecule has 106 valence electrons. The Hall–Kier alpha value is 0.434. The van der Waals surface area contributed by atoms with E-state index in [-0.39, 0.29) is 0 Å². The summed E-state index contributed by atoms with van der Waals surface area (Å²) in [6.07, 6.45) is 1.39. The normalized spacial score (nSPS) is 12.0. The molecule has 0 aromatic carbocycles. The van der Waals surface area contributed by atoms with E-state index in [1.54, 1.807) is 0 Å². The predicted octanol–water partition coefficient (Wildman–Crippen LogP) is 6.64. The van der Waals surface area contributed by atoms with Gasteiger partial charge in [-0.05, 0) is 0 Å². The van der Waals surface area contributed by atoms with E-state index >= 15 is 0 Å². The smallest absolute Gasteiger partial charge is 0.0499 e. The van der Waals surface area contributed by atoms with Gasteiger partial charge in [0, 0.05) is 16.1 Å². The Labute approximate surface area is 114 Å². The van der Waals surface area contributed by atoms with Crippen LogP contribution >= 0.6 is 0 Å². The van der Waals surface area contributed by atoms with Crippen molar-refractivity contribution in [3.05, 3.63) is 0 Å². The van der Waals surface area contributed by atoms with Crippen LogP contribution in [0.25, 0.3) is 0 Å². The second-order valence-corrected chi connectivity index (χ2v) is 17.4. The van der Waals surface area contributed by atoms with E-state index in [0.717, 1.165) is 0 Å². The van der Waals surface area contributed by atoms with Crippen molar-refractivity contribution in [2.24, 2.45) is 0 Å². The summed E-state index contributed by atoms with van der Waals surface area (Å²) in [5.41, 5.74) is 0. The highest BCUT2D eigenvalue weighted by Crippen LogP contribution is 2.21. The highest BCUT2D eigenvalue weighted by atomic mass is 28.3. The lowest BCUT2D eigenvalue weighted by Crippen LogP contribution is -2.26. The van der Waals surface area contributed by atoms with Gasteiger partial charge in [0.25, 0.3) is 0 Å². The first-order valence-corrected chi connectivity index (χ1v) is 14.1. The first kappa shape index (κ1) is 19.8. The molecule has 0 atom stereocenters. The van der Waals surface area contributed by atoms with E-state index in [4.69, 9.17) is 0 Å². The van der Waals surface area contributed by atoms with Crippen molar-refractivity contribution >= 4 is 16.1 Å². The van der Waals surface area contributed by atoms with Gasteiger partial charge in [0.1, 0.15) is 0 Å². The maximum Gasteiger partial charge on any atom is 0.0499 e. The molecule has 0 unspecified atom stereocenters. The van der Waals surface area contributed by atoms with Gasteiger partial charge in [0.15, 0.2) is 0 Å². The maximum absolute atomic E-state index is 2.52. The van der Waals surface area contributed by atoms with Gasteiger partial charge in [-0.3, -0.25) is 0 Å². The Morgan fingerprint density at radius 2 is 0.824 bits per heavy atom. The summed E-state index contributed by atoms with van der Waals surface area (Å²) in [5, 5.41) is 0. The highest BCUT2D eigenvalue weighted by molar-refractivity contribution is 6.78. The predicted molar refractivity (Wildman–Crippen MR) is 90.7 cm³/mol. The molecule has 2 heteroatoms. The summed E-state index contributed by atoms with van der Waals surface area (Å²) in [6.45, 7) is 19.0. The Bertz CT molecular complexity index is 150. The van der Waals surface area contributed by atoms with Crippen LogP contribution < -0.4 is 0 Å². The van der Waals surface area contributed by atoms with Crippen molar-refractivity contribution in [1.82, 2.24) is 0 Å². The third kappa shape index (κ3) is 9.07. The molecule has 0 fully saturated rings. The van der Waals surface area contributed by atoms with Gasteiger partial charge in [0.2, 0.25) is 0 Å². The van der Waals surface area contributed by atoms with Crippen LogP contribution in [0.1, 0.15) is 48.0 Å². The van der Waals surface area contributed by atoms with Crippen LogP contribution in [-0.2, 0) is 0 Å². The molecule has 0 aliphatic carbocycles. The van der Waals surface area contributed by atoms with Crippen molar-refractivity contribution in [2.45, 2.75) is 97.3 Å². The molecule has 0 bridgehead atoms. The van der Waals surface area contributed by atoms with E-state index in [2.05, 4.69) is 54.6 Å². The van der Waals surface area contributed by atoms with Crippen molar-refractivity contribution in [3.63, 3.8) is 0 Å². The van der Waals surface area contributed by atoms with Crippen molar-refractivity contribution in [1.29, 1.82) is 0 Å². The maximum atomic E-state index is 2.52. The first-order chi connectivity index (χ1) is 7.86. The van der Waals surface area contributed by atoms with Crippen molar-refractivity contribution in [3.8, 4) is 0 Å². The fourth-order valence-electron chi connectivity index (χ4n) is 1.96. The molecule has 0 aliphatic heterocycles. The van der Waals surface area contributed by atoms with Crippen molar-refractivity contribution < 1.29 is 0 Å². The lowest BCUT2D eigenvalue weighted by molar-refractivity contribution is 1.01. The van der Waals surface area contributed by atoms with E-state index in [1.165, 1.54) is 42.7 Å². The van der Waals surface area contributed by atoms with Gasteiger partial charge in [-0.2, -0.15) is 0 Å². The Balaban J connectivity index is 0. The third-order valence-corrected chi connectivity index (χ3v) is 15.4. The van der Waals surface area contributed by atoms with E-state index in [0.29, 0.717) is 0 Å². The summed E-state index contributed by atoms with van der Waals surface area (Å²) in [6, 6.07) is 8.84. The van der Waals surface area contributed by atoms with Gasteiger partial charge >= 0.3 is 0 Å². The number of rotatable bonds is 7. The summed E-state index contributed by atoms with van der Waals surface area (Å²) < 4.78 is 0. The fraction of sp³-hybridized carbons (Fsp3) is 1.00. The second-order valence-electron chi connectivity index (χ2n) is 6.14. The molecular formula is C15H38Si2. The van der Waals surface area contributed by atoms with Crippen LogP contribution in [0.2, 0.25) is 49.4 Å². The summed E-state index contributed by atoms with van der Waals surface area (Å²) >= 11 is 0. The molecule has 17 heavy (non-hydrogen) atoms. The molecule has 0 saturated heterocycles. The largest absolute Gasteiger partial charge is 0.0692 e. The van der Waals surface area contributed by atoms with Crippen LogP contribution in [0.5, 0.6) is 0 Å². The highest BCUT2D eigenvalue weighted by Gasteiger charge is 2.20. The third-order valence-electron chi connectivity index (χ3n) is 5.12. The molecule has 0 saturated carbocycles. The topological polar surface area (TPSA) is 0 Å². The number of hydrogen-bond donors (Lipinski definition) is 0. The first-order valence-electron chi connectivity index (χ1n) is 7.86. The minimum atomic E-state index is -0.697. The lowest BCUT2D eigenvalue weighted by atomic mass is 10.6. The van der Waals surface area contributed by atoms with Gasteiger partial charge < -0.3 is 0 Å². The molecule has 0 amide bonds. The van der Waals surface area contributed by atoms with E-state index in [9.17, 15) is 0 Å². The monoisotopic (exact) mass is 274 g/mol. The van der Waals surface area contributed by atoms with Gasteiger partial charge in [-0.25, -0.2) is 0 Å². The average molecular weight is 275 g/mol. The SMILES string of the molecule is CCC[Si](C)(CC)CC.CC[Si](C)(CC)CC. The molecule has 0 radical (unpaired) electrons. The molecule has 0 aromatic heterocycles. The Kier molecular flexibility index (Phi) is 12.1. The van der Waals surface area contributed by atoms with Crippen LogP contribution in [-0.4, -0.2) is 16.1 Å². The van der Waals surface area contributed by atoms with Crippen LogP contribution in [0, 0.1) is 0 Å². The zero-order chi connectivity index (χ0) is 13.9. The standard InChI is InChI=1S/C8H20Si.C7H18Si/c1-5-8-9(4,6-2)7-3;1-5-8(4,6-2)7-3/h5-8H2,1-4H3;5-7H2,1-4H3. The van der Waals surface area contributed by atoms with Gasteiger partial charge in [0.05, 0.1) is 0 Å². The summed E-state index contributed by atoms with van der Waals surface area (Å²) in [7, 11) is -1.37. The van der Waals surface area contributed by atoms with Crippen molar-refractivity contribution in [2.75, 3.05) is 0 Å². The van der Waals surface area contributed by atoms with E-state index < -0.39 is 16.1 Å². The van der Waals surface area contributed by atoms with E-state index in [1.807, 2.05) is 0 Å². The van der Waals surface area contributed by atoms with Crippen LogP contribution in [0.4, 0.5) is 0 Å². The molecule has 0 aliphatic rings. The molecule has 0 N–H and O–H groups in total. The summed E-state index contributed by atoms with van der Waals surface area (Å²) in [5.74, 6) is 0. The zero-order valence-corrected chi connectivity index (χ0v) is 15.9. The van der Waals surface area contributed by atoms with Crippen LogP contribution in [0.15, 0.2) is 0 Å². The second kappa shape index (κ2) is 10.4. The van der Waals surface area contributed by atoms with Gasteiger partial charge in [-0.15, -0.1) is 0 Å². The zero-order valence-electron chi connectivity index (χ0n) is 13.9. The molecule has 0 rings (SSSR count). The summed E-state index contributed by atoms with van der Waals surface area (Å²) in [4.78, 5) is 0. The minimum Gasteiger partial charge on any atom is -0.0692 e. The molecule has 0 heterocycles. The number of hydrogen-bond acceptors (Lipinski definition) is 0. The Morgan fingerprint density at radius 1 is 0.529 bits per heavy atom. The Morgan fingerprint density at radius 3 is 0.882 bits per heavy atom. The molecule has 0 aromatic rings. The molecule has 0 spiro atoms. The van der Waals surface area contributed by atoms with Gasteiger partial charge in [-0.1, -0.05) is 97.3 Å². The molecule has 0 nitrogen and oxygen atoms in total. The van der Waals surface area contributed by atoms with Crippen LogP contribution in [0.3, 0.4) is 0 Å². The quantitative estimate of drug-likeness (QED) is 0.456. The molecular weight excluding hydrogens is 236 g/mol. The fourth-order valence-corrected chi connectivity index (χ4v) is 5.87.